The zero-order valence-corrected chi connectivity index (χ0v) is 12.1. The van der Waals surface area contributed by atoms with Crippen molar-refractivity contribution in [3.8, 4) is 0 Å². The Balaban J connectivity index is 1.72. The van der Waals surface area contributed by atoms with Crippen molar-refractivity contribution in [2.75, 3.05) is 24.7 Å². The summed E-state index contributed by atoms with van der Waals surface area (Å²) in [5.41, 5.74) is 3.93. The van der Waals surface area contributed by atoms with Gasteiger partial charge in [0.15, 0.2) is 0 Å². The number of para-hydroxylation sites is 1. The molecule has 2 aliphatic heterocycles. The molecule has 0 saturated carbocycles. The first-order valence-corrected chi connectivity index (χ1v) is 7.59. The Morgan fingerprint density at radius 3 is 2.67 bits per heavy atom. The maximum absolute atomic E-state index is 4.75. The molecule has 2 heterocycles. The van der Waals surface area contributed by atoms with Crippen LogP contribution in [0.4, 0.5) is 5.69 Å². The minimum atomic E-state index is 0.935. The number of rotatable bonds is 2. The van der Waals surface area contributed by atoms with Gasteiger partial charge in [-0.15, -0.1) is 0 Å². The highest BCUT2D eigenvalue weighted by atomic mass is 15.4. The largest absolute Gasteiger partial charge is 0.349 e. The van der Waals surface area contributed by atoms with Crippen molar-refractivity contribution in [2.24, 2.45) is 4.99 Å². The zero-order chi connectivity index (χ0) is 14.1. The van der Waals surface area contributed by atoms with Crippen LogP contribution in [0.5, 0.6) is 0 Å². The van der Waals surface area contributed by atoms with Gasteiger partial charge in [0, 0.05) is 30.9 Å². The molecule has 0 radical (unpaired) electrons. The van der Waals surface area contributed by atoms with Gasteiger partial charge in [0.2, 0.25) is 0 Å². The van der Waals surface area contributed by atoms with Gasteiger partial charge in [0.05, 0.1) is 6.67 Å². The Kier molecular flexibility index (Phi) is 3.11. The molecule has 0 spiro atoms. The van der Waals surface area contributed by atoms with Gasteiger partial charge < -0.3 is 9.80 Å². The fourth-order valence-electron chi connectivity index (χ4n) is 3.21. The van der Waals surface area contributed by atoms with Gasteiger partial charge >= 0.3 is 0 Å². The molecule has 0 fully saturated rings. The quantitative estimate of drug-likeness (QED) is 0.840. The van der Waals surface area contributed by atoms with E-state index in [1.807, 2.05) is 0 Å². The highest BCUT2D eigenvalue weighted by Gasteiger charge is 2.28. The summed E-state index contributed by atoms with van der Waals surface area (Å²) in [6, 6.07) is 19.3. The molecule has 0 saturated heterocycles. The molecule has 3 nitrogen and oxygen atoms in total. The maximum atomic E-state index is 4.75. The first-order chi connectivity index (χ1) is 10.4. The molecule has 2 aromatic carbocycles. The fraction of sp³-hybridized carbons (Fsp3) is 0.278. The Hall–Kier alpha value is -2.29. The van der Waals surface area contributed by atoms with Crippen molar-refractivity contribution in [1.82, 2.24) is 4.90 Å². The summed E-state index contributed by atoms with van der Waals surface area (Å²) in [5.74, 6) is 1.18. The summed E-state index contributed by atoms with van der Waals surface area (Å²) < 4.78 is 0. The van der Waals surface area contributed by atoms with Gasteiger partial charge in [-0.1, -0.05) is 42.5 Å². The van der Waals surface area contributed by atoms with Crippen molar-refractivity contribution in [3.05, 3.63) is 65.7 Å². The molecule has 0 atom stereocenters. The van der Waals surface area contributed by atoms with Crippen molar-refractivity contribution < 1.29 is 0 Å². The average Bonchev–Trinajstić information content (AvgIpc) is 2.56. The fourth-order valence-corrected chi connectivity index (χ4v) is 3.21. The molecule has 0 N–H and O–H groups in total. The van der Waals surface area contributed by atoms with Crippen LogP contribution < -0.4 is 4.90 Å². The van der Waals surface area contributed by atoms with Crippen LogP contribution in [0.2, 0.25) is 0 Å². The predicted molar refractivity (Wildman–Crippen MR) is 86.7 cm³/mol. The number of hydrogen-bond acceptors (Lipinski definition) is 3. The summed E-state index contributed by atoms with van der Waals surface area (Å²) in [5, 5.41) is 0. The number of fused-ring (bicyclic) bond motifs is 3. The number of benzene rings is 2. The van der Waals surface area contributed by atoms with Gasteiger partial charge in [-0.25, -0.2) is 0 Å². The van der Waals surface area contributed by atoms with Crippen molar-refractivity contribution in [3.63, 3.8) is 0 Å². The number of nitrogens with zero attached hydrogens (tertiary/aromatic N) is 3. The van der Waals surface area contributed by atoms with Crippen molar-refractivity contribution >= 4 is 11.5 Å². The van der Waals surface area contributed by atoms with Crippen LogP contribution in [0.25, 0.3) is 0 Å². The predicted octanol–water partition coefficient (Wildman–Crippen LogP) is 3.12. The molecule has 4 rings (SSSR count). The van der Waals surface area contributed by atoms with Crippen molar-refractivity contribution in [1.29, 1.82) is 0 Å². The second-order valence-electron chi connectivity index (χ2n) is 5.66. The van der Waals surface area contributed by atoms with E-state index < -0.39 is 0 Å². The maximum Gasteiger partial charge on any atom is 0.134 e. The van der Waals surface area contributed by atoms with E-state index >= 15 is 0 Å². The molecule has 0 bridgehead atoms. The van der Waals surface area contributed by atoms with Gasteiger partial charge in [-0.2, -0.15) is 0 Å². The molecule has 21 heavy (non-hydrogen) atoms. The number of aliphatic imine (C=N–C) groups is 1. The van der Waals surface area contributed by atoms with Crippen LogP contribution in [-0.2, 0) is 6.54 Å². The van der Waals surface area contributed by atoms with Crippen LogP contribution in [0.3, 0.4) is 0 Å². The Morgan fingerprint density at radius 2 is 1.76 bits per heavy atom. The van der Waals surface area contributed by atoms with Crippen LogP contribution in [0.15, 0.2) is 59.6 Å². The van der Waals surface area contributed by atoms with Crippen LogP contribution in [-0.4, -0.2) is 30.5 Å². The lowest BCUT2D eigenvalue weighted by molar-refractivity contribution is 0.380. The number of hydrogen-bond donors (Lipinski definition) is 0. The van der Waals surface area contributed by atoms with Gasteiger partial charge in [0.1, 0.15) is 5.84 Å². The Bertz CT molecular complexity index is 663. The smallest absolute Gasteiger partial charge is 0.134 e. The second kappa shape index (κ2) is 5.24. The molecule has 2 aliphatic rings. The summed E-state index contributed by atoms with van der Waals surface area (Å²) in [4.78, 5) is 9.62. The molecule has 0 unspecified atom stereocenters. The van der Waals surface area contributed by atoms with E-state index in [9.17, 15) is 0 Å². The molecular weight excluding hydrogens is 258 g/mol. The molecule has 3 heteroatoms. The Labute approximate surface area is 125 Å². The molecular formula is C18H19N3. The third-order valence-electron chi connectivity index (χ3n) is 4.19. The topological polar surface area (TPSA) is 18.8 Å². The van der Waals surface area contributed by atoms with Crippen molar-refractivity contribution in [2.45, 2.75) is 13.0 Å². The summed E-state index contributed by atoms with van der Waals surface area (Å²) in [6.07, 6.45) is 1.16. The summed E-state index contributed by atoms with van der Waals surface area (Å²) >= 11 is 0. The SMILES string of the molecule is c1ccc(CN2CN3CCCN=C3c3ccccc32)cc1. The standard InChI is InChI=1S/C18H19N3/c1-2-7-15(8-3-1)13-21-14-20-12-6-11-19-18(20)16-9-4-5-10-17(16)21/h1-5,7-10H,6,11-14H2. The highest BCUT2D eigenvalue weighted by Crippen LogP contribution is 2.30. The van der Waals surface area contributed by atoms with Crippen LogP contribution in [0, 0.1) is 0 Å². The van der Waals surface area contributed by atoms with Gasteiger partial charge in [-0.3, -0.25) is 4.99 Å². The lowest BCUT2D eigenvalue weighted by atomic mass is 10.1. The third-order valence-corrected chi connectivity index (χ3v) is 4.19. The first kappa shape index (κ1) is 12.5. The number of amidine groups is 1. The van der Waals surface area contributed by atoms with E-state index in [4.69, 9.17) is 4.99 Å². The lowest BCUT2D eigenvalue weighted by Gasteiger charge is -2.41. The van der Waals surface area contributed by atoms with E-state index in [0.717, 1.165) is 32.7 Å². The Morgan fingerprint density at radius 1 is 0.952 bits per heavy atom. The normalized spacial score (nSPS) is 17.0. The molecule has 0 aromatic heterocycles. The zero-order valence-electron chi connectivity index (χ0n) is 12.1. The second-order valence-corrected chi connectivity index (χ2v) is 5.66. The van der Waals surface area contributed by atoms with Gasteiger partial charge in [-0.05, 0) is 24.1 Å². The highest BCUT2D eigenvalue weighted by molar-refractivity contribution is 6.05. The summed E-state index contributed by atoms with van der Waals surface area (Å²) in [7, 11) is 0. The van der Waals surface area contributed by atoms with E-state index in [2.05, 4.69) is 64.4 Å². The minimum absolute atomic E-state index is 0.935. The van der Waals surface area contributed by atoms with E-state index in [1.165, 1.54) is 22.6 Å². The van der Waals surface area contributed by atoms with Crippen LogP contribution in [0.1, 0.15) is 17.5 Å². The van der Waals surface area contributed by atoms with Gasteiger partial charge in [0.25, 0.3) is 0 Å². The first-order valence-electron chi connectivity index (χ1n) is 7.59. The van der Waals surface area contributed by atoms with E-state index in [0.29, 0.717) is 0 Å². The monoisotopic (exact) mass is 277 g/mol. The molecule has 2 aromatic rings. The van der Waals surface area contributed by atoms with Crippen LogP contribution >= 0.6 is 0 Å². The summed E-state index contributed by atoms with van der Waals surface area (Å²) in [6.45, 7) is 3.95. The average molecular weight is 277 g/mol. The molecule has 106 valence electrons. The third kappa shape index (κ3) is 2.29. The lowest BCUT2D eigenvalue weighted by Crippen LogP contribution is -2.48. The molecule has 0 amide bonds. The van der Waals surface area contributed by atoms with E-state index in [1.54, 1.807) is 0 Å². The minimum Gasteiger partial charge on any atom is -0.349 e. The van der Waals surface area contributed by atoms with E-state index in [-0.39, 0.29) is 0 Å². The number of anilines is 1. The molecule has 0 aliphatic carbocycles.